The molecule has 1 aromatic carbocycles. The van der Waals surface area contributed by atoms with Crippen molar-refractivity contribution in [1.82, 2.24) is 39.6 Å². The quantitative estimate of drug-likeness (QED) is 0.136. The SMILES string of the molecule is C[CH]C(=O)N[C@H](C(=O)N1CCN(C(=O)c2cc3cc(F)c(F)cc3n2CC(=O)N2CCC[C@H]2COc2cc(CN3CCC(Oc4ccnc5ccsc45)CC3)on2)CC1)C1CCCCC1. The van der Waals surface area contributed by atoms with Crippen molar-refractivity contribution >= 4 is 56.1 Å². The third-order valence-electron chi connectivity index (χ3n) is 13.5. The van der Waals surface area contributed by atoms with E-state index < -0.39 is 23.6 Å². The number of carbonyl (C=O) groups is 4. The van der Waals surface area contributed by atoms with Crippen LogP contribution in [-0.2, 0) is 27.5 Å². The fourth-order valence-corrected chi connectivity index (χ4v) is 10.7. The van der Waals surface area contributed by atoms with Crippen LogP contribution in [0.4, 0.5) is 8.78 Å². The first kappa shape index (κ1) is 44.6. The molecule has 1 radical (unpaired) electrons. The van der Waals surface area contributed by atoms with Gasteiger partial charge in [-0.2, -0.15) is 0 Å². The van der Waals surface area contributed by atoms with E-state index in [1.807, 2.05) is 17.5 Å². The van der Waals surface area contributed by atoms with Gasteiger partial charge in [-0.05, 0) is 79.2 Å². The monoisotopic (exact) mass is 913 g/mol. The Hall–Kier alpha value is -5.62. The van der Waals surface area contributed by atoms with Gasteiger partial charge in [0.25, 0.3) is 11.8 Å². The first-order chi connectivity index (χ1) is 31.6. The molecule has 4 aliphatic rings. The minimum absolute atomic E-state index is 0.0498. The van der Waals surface area contributed by atoms with E-state index in [1.165, 1.54) is 17.1 Å². The Labute approximate surface area is 380 Å². The Balaban J connectivity index is 0.801. The number of nitrogens with one attached hydrogen (secondary N) is 1. The van der Waals surface area contributed by atoms with Crippen molar-refractivity contribution in [2.45, 2.75) is 96.0 Å². The third-order valence-corrected chi connectivity index (χ3v) is 14.4. The van der Waals surface area contributed by atoms with E-state index in [9.17, 15) is 28.0 Å². The van der Waals surface area contributed by atoms with E-state index in [0.29, 0.717) is 36.5 Å². The summed E-state index contributed by atoms with van der Waals surface area (Å²) in [5.41, 5.74) is 1.29. The van der Waals surface area contributed by atoms with Gasteiger partial charge in [0.1, 0.15) is 36.7 Å². The molecular weight excluding hydrogens is 859 g/mol. The normalized spacial score (nSPS) is 19.6. The molecule has 4 fully saturated rings. The molecular formula is C47H55F2N8O7S. The van der Waals surface area contributed by atoms with Crippen LogP contribution in [0.25, 0.3) is 21.1 Å². The molecule has 0 spiro atoms. The van der Waals surface area contributed by atoms with Gasteiger partial charge in [-0.3, -0.25) is 29.1 Å². The summed E-state index contributed by atoms with van der Waals surface area (Å²) in [7, 11) is 0. The second-order valence-electron chi connectivity index (χ2n) is 17.6. The van der Waals surface area contributed by atoms with Crippen LogP contribution in [0.1, 0.15) is 81.0 Å². The predicted octanol–water partition coefficient (Wildman–Crippen LogP) is 6.20. The summed E-state index contributed by atoms with van der Waals surface area (Å²) >= 11 is 1.63. The zero-order valence-electron chi connectivity index (χ0n) is 36.6. The molecule has 0 bridgehead atoms. The number of hydrogen-bond acceptors (Lipinski definition) is 11. The lowest BCUT2D eigenvalue weighted by Gasteiger charge is -2.39. The van der Waals surface area contributed by atoms with Crippen molar-refractivity contribution in [1.29, 1.82) is 0 Å². The Kier molecular flexibility index (Phi) is 13.6. The Bertz CT molecular complexity index is 2510. The number of halogens is 2. The largest absolute Gasteiger partial charge is 0.489 e. The number of nitrogens with zero attached hydrogens (tertiary/aromatic N) is 7. The van der Waals surface area contributed by atoms with Crippen molar-refractivity contribution in [3.05, 3.63) is 77.5 Å². The van der Waals surface area contributed by atoms with Crippen LogP contribution in [-0.4, -0.2) is 129 Å². The molecule has 3 aliphatic heterocycles. The number of amides is 4. The number of rotatable bonds is 14. The maximum absolute atomic E-state index is 14.7. The number of piperazine rings is 1. The van der Waals surface area contributed by atoms with Crippen molar-refractivity contribution in [2.24, 2.45) is 5.92 Å². The number of carbonyl (C=O) groups excluding carboxylic acids is 4. The van der Waals surface area contributed by atoms with Crippen molar-refractivity contribution < 1.29 is 42.0 Å². The lowest BCUT2D eigenvalue weighted by Crippen LogP contribution is -2.58. The Morgan fingerprint density at radius 3 is 2.46 bits per heavy atom. The third kappa shape index (κ3) is 9.98. The topological polar surface area (TPSA) is 156 Å². The van der Waals surface area contributed by atoms with E-state index >= 15 is 0 Å². The number of thiophene rings is 1. The maximum Gasteiger partial charge on any atom is 0.270 e. The number of pyridine rings is 1. The van der Waals surface area contributed by atoms with Gasteiger partial charge in [0.2, 0.25) is 17.7 Å². The number of hydrogen-bond donors (Lipinski definition) is 1. The number of piperidine rings is 1. The van der Waals surface area contributed by atoms with Gasteiger partial charge in [0, 0.05) is 75.9 Å². The lowest BCUT2D eigenvalue weighted by atomic mass is 9.83. The van der Waals surface area contributed by atoms with Gasteiger partial charge in [-0.1, -0.05) is 26.2 Å². The molecule has 15 nitrogen and oxygen atoms in total. The molecule has 3 saturated heterocycles. The highest BCUT2D eigenvalue weighted by atomic mass is 32.1. The van der Waals surface area contributed by atoms with Crippen LogP contribution >= 0.6 is 11.3 Å². The zero-order chi connectivity index (χ0) is 45.0. The summed E-state index contributed by atoms with van der Waals surface area (Å²) in [6.07, 6.45) is 11.3. The lowest BCUT2D eigenvalue weighted by molar-refractivity contribution is -0.139. The van der Waals surface area contributed by atoms with Gasteiger partial charge in [0.05, 0.1) is 28.3 Å². The van der Waals surface area contributed by atoms with Gasteiger partial charge in [-0.15, -0.1) is 11.3 Å². The van der Waals surface area contributed by atoms with E-state index in [2.05, 4.69) is 20.4 Å². The molecule has 1 aliphatic carbocycles. The minimum Gasteiger partial charge on any atom is -0.489 e. The highest BCUT2D eigenvalue weighted by molar-refractivity contribution is 7.17. The summed E-state index contributed by atoms with van der Waals surface area (Å²) in [6, 6.07) is 8.34. The van der Waals surface area contributed by atoms with Crippen LogP contribution < -0.4 is 14.8 Å². The zero-order valence-corrected chi connectivity index (χ0v) is 37.4. The number of aromatic nitrogens is 3. The van der Waals surface area contributed by atoms with Gasteiger partial charge in [-0.25, -0.2) is 8.78 Å². The number of ether oxygens (including phenoxy) is 2. The molecule has 0 unspecified atom stereocenters. The number of likely N-dealkylation sites (tertiary alicyclic amines) is 2. The molecule has 7 heterocycles. The van der Waals surface area contributed by atoms with E-state index in [1.54, 1.807) is 45.2 Å². The second kappa shape index (κ2) is 19.9. The number of benzene rings is 1. The Morgan fingerprint density at radius 2 is 1.68 bits per heavy atom. The summed E-state index contributed by atoms with van der Waals surface area (Å²) in [5.74, 6) is -1.37. The van der Waals surface area contributed by atoms with Gasteiger partial charge >= 0.3 is 0 Å². The molecule has 1 N–H and O–H groups in total. The number of fused-ring (bicyclic) bond motifs is 2. The van der Waals surface area contributed by atoms with Gasteiger partial charge in [0.15, 0.2) is 17.4 Å². The van der Waals surface area contributed by atoms with Crippen LogP contribution in [0.2, 0.25) is 0 Å². The van der Waals surface area contributed by atoms with Crippen LogP contribution in [0.15, 0.2) is 52.5 Å². The van der Waals surface area contributed by atoms with E-state index in [4.69, 9.17) is 14.0 Å². The molecule has 4 amide bonds. The highest BCUT2D eigenvalue weighted by Crippen LogP contribution is 2.32. The van der Waals surface area contributed by atoms with Crippen molar-refractivity contribution in [3.63, 3.8) is 0 Å². The highest BCUT2D eigenvalue weighted by Gasteiger charge is 2.37. The molecule has 18 heteroatoms. The fraction of sp³-hybridized carbons (Fsp3) is 0.511. The molecule has 65 heavy (non-hydrogen) atoms. The van der Waals surface area contributed by atoms with Crippen molar-refractivity contribution in [2.75, 3.05) is 52.4 Å². The molecule has 1 saturated carbocycles. The predicted molar refractivity (Wildman–Crippen MR) is 238 cm³/mol. The maximum atomic E-state index is 14.7. The fourth-order valence-electron chi connectivity index (χ4n) is 9.89. The van der Waals surface area contributed by atoms with E-state index in [-0.39, 0.29) is 86.3 Å². The molecule has 345 valence electrons. The molecule has 5 aromatic rings. The summed E-state index contributed by atoms with van der Waals surface area (Å²) in [4.78, 5) is 66.3. The van der Waals surface area contributed by atoms with Crippen molar-refractivity contribution in [3.8, 4) is 11.6 Å². The first-order valence-electron chi connectivity index (χ1n) is 22.9. The van der Waals surface area contributed by atoms with Crippen LogP contribution in [0, 0.1) is 24.0 Å². The summed E-state index contributed by atoms with van der Waals surface area (Å²) in [5, 5.41) is 9.38. The first-order valence-corrected chi connectivity index (χ1v) is 23.7. The van der Waals surface area contributed by atoms with E-state index in [0.717, 1.165) is 92.6 Å². The molecule has 9 rings (SSSR count). The van der Waals surface area contributed by atoms with Gasteiger partial charge < -0.3 is 38.6 Å². The second-order valence-corrected chi connectivity index (χ2v) is 18.5. The smallest absolute Gasteiger partial charge is 0.270 e. The standard InChI is InChI=1S/C47H55F2N8O7S/c1-2-41(58)51-44(30-7-4-3-5-8-30)47(61)55-20-18-54(19-21-55)46(60)39-24-31-23-35(48)36(49)26-38(31)57(39)28-43(59)56-15-6-9-32(56)29-62-42-25-34(64-52-42)27-53-16-11-33(12-17-53)63-40-10-14-50-37-13-22-65-45(37)40/h2,10,13-14,22-26,30,32-33,44H,3-9,11-12,15-21,27-29H2,1H3,(H,51,58)/t32-,44-/m0/s1. The summed E-state index contributed by atoms with van der Waals surface area (Å²) in [6.45, 7) is 5.18. The average molecular weight is 914 g/mol. The summed E-state index contributed by atoms with van der Waals surface area (Å²) < 4.78 is 49.9. The van der Waals surface area contributed by atoms with Crippen LogP contribution in [0.3, 0.4) is 0 Å². The molecule has 4 aromatic heterocycles. The molecule has 2 atom stereocenters. The average Bonchev–Trinajstić information content (AvgIpc) is 4.16. The Morgan fingerprint density at radius 1 is 0.908 bits per heavy atom. The van der Waals surface area contributed by atoms with Crippen LogP contribution in [0.5, 0.6) is 11.6 Å². The minimum atomic E-state index is -1.09.